The van der Waals surface area contributed by atoms with E-state index in [1.54, 1.807) is 42.3 Å². The summed E-state index contributed by atoms with van der Waals surface area (Å²) in [5.74, 6) is -0.623. The smallest absolute Gasteiger partial charge is 0.238 e. The van der Waals surface area contributed by atoms with Gasteiger partial charge in [0.15, 0.2) is 5.78 Å². The number of ketones is 1. The second-order valence-electron chi connectivity index (χ2n) is 5.45. The van der Waals surface area contributed by atoms with Gasteiger partial charge in [0.05, 0.1) is 12.2 Å². The molecule has 1 amide bonds. The molecule has 4 nitrogen and oxygen atoms in total. The molecule has 0 saturated carbocycles. The van der Waals surface area contributed by atoms with Crippen molar-refractivity contribution in [3.63, 3.8) is 0 Å². The fraction of sp³-hybridized carbons (Fsp3) is 0.222. The molecule has 0 aliphatic heterocycles. The third-order valence-corrected chi connectivity index (χ3v) is 3.34. The van der Waals surface area contributed by atoms with Gasteiger partial charge in [-0.05, 0) is 43.8 Å². The number of carbonyl (C=O) groups excluding carboxylic acids is 2. The lowest BCUT2D eigenvalue weighted by molar-refractivity contribution is -0.117. The second kappa shape index (κ2) is 7.65. The number of carbonyl (C=O) groups is 2. The number of hydrogen-bond donors (Lipinski definition) is 1. The van der Waals surface area contributed by atoms with Crippen LogP contribution in [0.1, 0.15) is 22.8 Å². The molecule has 2 aromatic carbocycles. The molecule has 2 rings (SSSR count). The molecule has 0 fully saturated rings. The topological polar surface area (TPSA) is 49.4 Å². The van der Waals surface area contributed by atoms with E-state index < -0.39 is 0 Å². The van der Waals surface area contributed by atoms with E-state index in [0.29, 0.717) is 17.8 Å². The minimum absolute atomic E-state index is 0.103. The first-order valence-electron chi connectivity index (χ1n) is 7.28. The summed E-state index contributed by atoms with van der Waals surface area (Å²) in [5.41, 5.74) is 1.78. The Bertz CT molecular complexity index is 716. The molecule has 0 bridgehead atoms. The SMILES string of the molecule is CC(=O)c1ccccc1NC(=O)CN(C)Cc1cccc(F)c1. The summed E-state index contributed by atoms with van der Waals surface area (Å²) in [5, 5.41) is 2.74. The predicted molar refractivity (Wildman–Crippen MR) is 87.8 cm³/mol. The molecule has 0 unspecified atom stereocenters. The van der Waals surface area contributed by atoms with Crippen molar-refractivity contribution in [1.29, 1.82) is 0 Å². The van der Waals surface area contributed by atoms with Crippen molar-refractivity contribution in [3.05, 3.63) is 65.5 Å². The molecule has 0 aliphatic carbocycles. The van der Waals surface area contributed by atoms with Gasteiger partial charge in [-0.2, -0.15) is 0 Å². The van der Waals surface area contributed by atoms with Crippen molar-refractivity contribution in [1.82, 2.24) is 4.90 Å². The van der Waals surface area contributed by atoms with Crippen molar-refractivity contribution in [2.45, 2.75) is 13.5 Å². The molecular formula is C18H19FN2O2. The van der Waals surface area contributed by atoms with Crippen LogP contribution in [-0.4, -0.2) is 30.2 Å². The number of anilines is 1. The predicted octanol–water partition coefficient (Wildman–Crippen LogP) is 3.10. The monoisotopic (exact) mass is 314 g/mol. The quantitative estimate of drug-likeness (QED) is 0.834. The summed E-state index contributed by atoms with van der Waals surface area (Å²) in [6.45, 7) is 2.06. The number of nitrogens with zero attached hydrogens (tertiary/aromatic N) is 1. The number of Topliss-reactive ketones (excluding diaryl/α,β-unsaturated/α-hetero) is 1. The van der Waals surface area contributed by atoms with E-state index in [-0.39, 0.29) is 24.1 Å². The Kier molecular flexibility index (Phi) is 5.60. The van der Waals surface area contributed by atoms with Crippen molar-refractivity contribution < 1.29 is 14.0 Å². The van der Waals surface area contributed by atoms with Crippen LogP contribution in [0.5, 0.6) is 0 Å². The zero-order valence-electron chi connectivity index (χ0n) is 13.2. The number of para-hydroxylation sites is 1. The summed E-state index contributed by atoms with van der Waals surface area (Å²) in [7, 11) is 1.78. The van der Waals surface area contributed by atoms with Crippen molar-refractivity contribution in [2.75, 3.05) is 18.9 Å². The lowest BCUT2D eigenvalue weighted by atomic mass is 10.1. The number of likely N-dealkylation sites (N-methyl/N-ethyl adjacent to an activating group) is 1. The highest BCUT2D eigenvalue weighted by atomic mass is 19.1. The Labute approximate surface area is 134 Å². The lowest BCUT2D eigenvalue weighted by Crippen LogP contribution is -2.30. The Balaban J connectivity index is 1.96. The molecule has 5 heteroatoms. The molecular weight excluding hydrogens is 295 g/mol. The van der Waals surface area contributed by atoms with Crippen LogP contribution in [0.2, 0.25) is 0 Å². The van der Waals surface area contributed by atoms with E-state index in [4.69, 9.17) is 0 Å². The van der Waals surface area contributed by atoms with E-state index in [2.05, 4.69) is 5.32 Å². The molecule has 2 aromatic rings. The Morgan fingerprint density at radius 2 is 1.87 bits per heavy atom. The molecule has 0 radical (unpaired) electrons. The van der Waals surface area contributed by atoms with Gasteiger partial charge in [0.1, 0.15) is 5.82 Å². The first-order valence-corrected chi connectivity index (χ1v) is 7.28. The van der Waals surface area contributed by atoms with E-state index in [1.807, 2.05) is 6.07 Å². The highest BCUT2D eigenvalue weighted by Crippen LogP contribution is 2.15. The van der Waals surface area contributed by atoms with Crippen LogP contribution in [0.15, 0.2) is 48.5 Å². The van der Waals surface area contributed by atoms with Crippen molar-refractivity contribution in [2.24, 2.45) is 0 Å². The Morgan fingerprint density at radius 1 is 1.13 bits per heavy atom. The highest BCUT2D eigenvalue weighted by molar-refractivity contribution is 6.04. The van der Waals surface area contributed by atoms with Gasteiger partial charge in [-0.1, -0.05) is 24.3 Å². The maximum atomic E-state index is 13.2. The third kappa shape index (κ3) is 5.00. The summed E-state index contributed by atoms with van der Waals surface area (Å²) in [6, 6.07) is 13.2. The zero-order valence-corrected chi connectivity index (χ0v) is 13.2. The Hall–Kier alpha value is -2.53. The summed E-state index contributed by atoms with van der Waals surface area (Å²) < 4.78 is 13.2. The van der Waals surface area contributed by atoms with E-state index >= 15 is 0 Å². The number of halogens is 1. The number of amides is 1. The highest BCUT2D eigenvalue weighted by Gasteiger charge is 2.11. The van der Waals surface area contributed by atoms with Gasteiger partial charge in [0.25, 0.3) is 0 Å². The molecule has 0 heterocycles. The van der Waals surface area contributed by atoms with Gasteiger partial charge >= 0.3 is 0 Å². The van der Waals surface area contributed by atoms with Crippen LogP contribution in [-0.2, 0) is 11.3 Å². The van der Waals surface area contributed by atoms with Gasteiger partial charge in [0.2, 0.25) is 5.91 Å². The molecule has 0 aliphatic rings. The third-order valence-electron chi connectivity index (χ3n) is 3.34. The van der Waals surface area contributed by atoms with Crippen LogP contribution in [0.4, 0.5) is 10.1 Å². The summed E-state index contributed by atoms with van der Waals surface area (Å²) >= 11 is 0. The number of benzene rings is 2. The molecule has 23 heavy (non-hydrogen) atoms. The van der Waals surface area contributed by atoms with Crippen LogP contribution >= 0.6 is 0 Å². The van der Waals surface area contributed by atoms with Crippen LogP contribution in [0, 0.1) is 5.82 Å². The number of hydrogen-bond acceptors (Lipinski definition) is 3. The fourth-order valence-electron chi connectivity index (χ4n) is 2.34. The molecule has 0 aromatic heterocycles. The molecule has 0 spiro atoms. The fourth-order valence-corrected chi connectivity index (χ4v) is 2.34. The van der Waals surface area contributed by atoms with Gasteiger partial charge in [-0.25, -0.2) is 4.39 Å². The molecule has 0 atom stereocenters. The maximum Gasteiger partial charge on any atom is 0.238 e. The minimum atomic E-state index is -0.296. The van der Waals surface area contributed by atoms with Gasteiger partial charge < -0.3 is 5.32 Å². The molecule has 1 N–H and O–H groups in total. The lowest BCUT2D eigenvalue weighted by Gasteiger charge is -2.17. The maximum absolute atomic E-state index is 13.2. The van der Waals surface area contributed by atoms with E-state index in [0.717, 1.165) is 5.56 Å². The van der Waals surface area contributed by atoms with E-state index in [9.17, 15) is 14.0 Å². The zero-order chi connectivity index (χ0) is 16.8. The first-order chi connectivity index (χ1) is 11.0. The average Bonchev–Trinajstić information content (AvgIpc) is 2.47. The minimum Gasteiger partial charge on any atom is -0.324 e. The normalized spacial score (nSPS) is 10.6. The molecule has 120 valence electrons. The Morgan fingerprint density at radius 3 is 2.57 bits per heavy atom. The standard InChI is InChI=1S/C18H19FN2O2/c1-13(22)16-8-3-4-9-17(16)20-18(23)12-21(2)11-14-6-5-7-15(19)10-14/h3-10H,11-12H2,1-2H3,(H,20,23). The number of nitrogens with one attached hydrogen (secondary N) is 1. The van der Waals surface area contributed by atoms with Gasteiger partial charge in [0, 0.05) is 12.1 Å². The number of rotatable bonds is 6. The van der Waals surface area contributed by atoms with E-state index in [1.165, 1.54) is 19.1 Å². The van der Waals surface area contributed by atoms with Gasteiger partial charge in [-0.15, -0.1) is 0 Å². The molecule has 0 saturated heterocycles. The summed E-state index contributed by atoms with van der Waals surface area (Å²) in [4.78, 5) is 25.4. The van der Waals surface area contributed by atoms with Crippen LogP contribution in [0.3, 0.4) is 0 Å². The van der Waals surface area contributed by atoms with Crippen LogP contribution in [0.25, 0.3) is 0 Å². The largest absolute Gasteiger partial charge is 0.324 e. The van der Waals surface area contributed by atoms with Crippen LogP contribution < -0.4 is 5.32 Å². The van der Waals surface area contributed by atoms with Gasteiger partial charge in [-0.3, -0.25) is 14.5 Å². The van der Waals surface area contributed by atoms with Crippen molar-refractivity contribution >= 4 is 17.4 Å². The second-order valence-corrected chi connectivity index (χ2v) is 5.45. The average molecular weight is 314 g/mol. The summed E-state index contributed by atoms with van der Waals surface area (Å²) in [6.07, 6.45) is 0. The first kappa shape index (κ1) is 16.8. The van der Waals surface area contributed by atoms with Crippen molar-refractivity contribution in [3.8, 4) is 0 Å².